The first-order valence-corrected chi connectivity index (χ1v) is 8.65. The molecule has 0 bridgehead atoms. The van der Waals surface area contributed by atoms with Crippen molar-refractivity contribution in [2.45, 2.75) is 18.7 Å². The van der Waals surface area contributed by atoms with E-state index < -0.39 is 23.8 Å². The van der Waals surface area contributed by atoms with E-state index in [1.807, 2.05) is 0 Å². The number of carbonyl (C=O) groups is 2. The molecule has 28 heavy (non-hydrogen) atoms. The normalized spacial score (nSPS) is 17.4. The summed E-state index contributed by atoms with van der Waals surface area (Å²) in [5.41, 5.74) is 0.595. The van der Waals surface area contributed by atoms with E-state index in [4.69, 9.17) is 9.84 Å². The first kappa shape index (κ1) is 19.9. The third kappa shape index (κ3) is 4.51. The van der Waals surface area contributed by atoms with Crippen molar-refractivity contribution in [3.63, 3.8) is 0 Å². The van der Waals surface area contributed by atoms with Gasteiger partial charge in [0.05, 0.1) is 24.7 Å². The summed E-state index contributed by atoms with van der Waals surface area (Å²) in [4.78, 5) is 25.4. The summed E-state index contributed by atoms with van der Waals surface area (Å²) in [5.74, 6) is -1.32. The van der Waals surface area contributed by atoms with Crippen molar-refractivity contribution in [1.82, 2.24) is 4.90 Å². The fourth-order valence-electron chi connectivity index (χ4n) is 3.15. The number of alkyl halides is 3. The molecule has 2 aromatic carbocycles. The Hall–Kier alpha value is -2.87. The van der Waals surface area contributed by atoms with E-state index >= 15 is 0 Å². The zero-order chi connectivity index (χ0) is 20.3. The Labute approximate surface area is 159 Å². The number of carbonyl (C=O) groups excluding carboxylic acids is 1. The molecule has 0 saturated carbocycles. The number of aliphatic carboxylic acids is 1. The van der Waals surface area contributed by atoms with Crippen LogP contribution in [-0.2, 0) is 15.7 Å². The Balaban J connectivity index is 1.85. The fraction of sp³-hybridized carbons (Fsp3) is 0.300. The Morgan fingerprint density at radius 3 is 2.43 bits per heavy atom. The van der Waals surface area contributed by atoms with Gasteiger partial charge >= 0.3 is 12.1 Å². The third-order valence-corrected chi connectivity index (χ3v) is 4.51. The number of ether oxygens (including phenoxy) is 1. The first-order valence-electron chi connectivity index (χ1n) is 8.65. The standard InChI is InChI=1S/C20H18F3NO4/c21-20(22,23)14-7-5-13(6-8-14)16-3-1-2-4-17(16)19(27)24-9-10-28-15(12-24)11-18(25)26/h1-8,15H,9-12H2,(H,25,26). The van der Waals surface area contributed by atoms with Gasteiger partial charge in [-0.3, -0.25) is 9.59 Å². The van der Waals surface area contributed by atoms with Crippen LogP contribution in [0, 0.1) is 0 Å². The Morgan fingerprint density at radius 2 is 1.79 bits per heavy atom. The summed E-state index contributed by atoms with van der Waals surface area (Å²) in [7, 11) is 0. The molecule has 0 radical (unpaired) electrons. The van der Waals surface area contributed by atoms with Crippen LogP contribution < -0.4 is 0 Å². The van der Waals surface area contributed by atoms with Crippen LogP contribution in [0.15, 0.2) is 48.5 Å². The molecule has 1 fully saturated rings. The van der Waals surface area contributed by atoms with Crippen molar-refractivity contribution in [3.8, 4) is 11.1 Å². The number of nitrogens with zero attached hydrogens (tertiary/aromatic N) is 1. The molecule has 1 unspecified atom stereocenters. The van der Waals surface area contributed by atoms with Gasteiger partial charge < -0.3 is 14.7 Å². The minimum atomic E-state index is -4.43. The molecule has 0 spiro atoms. The lowest BCUT2D eigenvalue weighted by molar-refractivity contribution is -0.141. The van der Waals surface area contributed by atoms with Gasteiger partial charge in [-0.1, -0.05) is 30.3 Å². The lowest BCUT2D eigenvalue weighted by atomic mass is 9.97. The van der Waals surface area contributed by atoms with Crippen LogP contribution in [0.1, 0.15) is 22.3 Å². The second-order valence-electron chi connectivity index (χ2n) is 6.46. The van der Waals surface area contributed by atoms with E-state index in [1.165, 1.54) is 17.0 Å². The summed E-state index contributed by atoms with van der Waals surface area (Å²) in [6, 6.07) is 11.3. The van der Waals surface area contributed by atoms with E-state index in [0.717, 1.165) is 12.1 Å². The summed E-state index contributed by atoms with van der Waals surface area (Å²) in [6.45, 7) is 0.689. The van der Waals surface area contributed by atoms with Crippen LogP contribution in [0.2, 0.25) is 0 Å². The van der Waals surface area contributed by atoms with Crippen LogP contribution in [-0.4, -0.2) is 47.7 Å². The number of halogens is 3. The van der Waals surface area contributed by atoms with Gasteiger partial charge in [0.1, 0.15) is 0 Å². The molecule has 0 aromatic heterocycles. The number of hydrogen-bond acceptors (Lipinski definition) is 3. The van der Waals surface area contributed by atoms with Gasteiger partial charge in [-0.2, -0.15) is 13.2 Å². The van der Waals surface area contributed by atoms with E-state index in [1.54, 1.807) is 24.3 Å². The minimum Gasteiger partial charge on any atom is -0.481 e. The summed E-state index contributed by atoms with van der Waals surface area (Å²) in [5, 5.41) is 8.92. The smallest absolute Gasteiger partial charge is 0.416 e. The lowest BCUT2D eigenvalue weighted by Crippen LogP contribution is -2.46. The molecule has 5 nitrogen and oxygen atoms in total. The maximum atomic E-state index is 13.0. The van der Waals surface area contributed by atoms with Crippen LogP contribution in [0.5, 0.6) is 0 Å². The molecule has 1 amide bonds. The maximum Gasteiger partial charge on any atom is 0.416 e. The topological polar surface area (TPSA) is 66.8 Å². The molecule has 0 aliphatic carbocycles. The number of rotatable bonds is 4. The molecule has 1 atom stereocenters. The van der Waals surface area contributed by atoms with Gasteiger partial charge in [-0.25, -0.2) is 0 Å². The van der Waals surface area contributed by atoms with Crippen molar-refractivity contribution >= 4 is 11.9 Å². The molecule has 1 aliphatic heterocycles. The van der Waals surface area contributed by atoms with Crippen molar-refractivity contribution in [2.75, 3.05) is 19.7 Å². The third-order valence-electron chi connectivity index (χ3n) is 4.51. The number of carboxylic acid groups (broad SMARTS) is 1. The van der Waals surface area contributed by atoms with E-state index in [2.05, 4.69) is 0 Å². The molecule has 148 valence electrons. The highest BCUT2D eigenvalue weighted by Crippen LogP contribution is 2.32. The highest BCUT2D eigenvalue weighted by atomic mass is 19.4. The number of amides is 1. The quantitative estimate of drug-likeness (QED) is 0.861. The van der Waals surface area contributed by atoms with Gasteiger partial charge in [0.15, 0.2) is 0 Å². The zero-order valence-electron chi connectivity index (χ0n) is 14.8. The highest BCUT2D eigenvalue weighted by Gasteiger charge is 2.31. The minimum absolute atomic E-state index is 0.145. The number of benzene rings is 2. The predicted molar refractivity (Wildman–Crippen MR) is 94.8 cm³/mol. The largest absolute Gasteiger partial charge is 0.481 e. The second-order valence-corrected chi connectivity index (χ2v) is 6.46. The van der Waals surface area contributed by atoms with E-state index in [0.29, 0.717) is 23.2 Å². The lowest BCUT2D eigenvalue weighted by Gasteiger charge is -2.32. The van der Waals surface area contributed by atoms with Crippen LogP contribution >= 0.6 is 0 Å². The van der Waals surface area contributed by atoms with Gasteiger partial charge in [-0.05, 0) is 29.3 Å². The second kappa shape index (κ2) is 8.02. The number of hydrogen-bond donors (Lipinski definition) is 1. The molecule has 1 heterocycles. The van der Waals surface area contributed by atoms with Crippen molar-refractivity contribution in [3.05, 3.63) is 59.7 Å². The predicted octanol–water partition coefficient (Wildman–Crippen LogP) is 3.69. The summed E-state index contributed by atoms with van der Waals surface area (Å²) < 4.78 is 43.7. The molecular formula is C20H18F3NO4. The molecular weight excluding hydrogens is 375 g/mol. The summed E-state index contributed by atoms with van der Waals surface area (Å²) >= 11 is 0. The van der Waals surface area contributed by atoms with Crippen LogP contribution in [0.4, 0.5) is 13.2 Å². The molecule has 3 rings (SSSR count). The Bertz CT molecular complexity index is 864. The van der Waals surface area contributed by atoms with Crippen molar-refractivity contribution < 1.29 is 32.6 Å². The van der Waals surface area contributed by atoms with Crippen molar-refractivity contribution in [2.24, 2.45) is 0 Å². The number of morpholine rings is 1. The van der Waals surface area contributed by atoms with Gasteiger partial charge in [-0.15, -0.1) is 0 Å². The number of carboxylic acids is 1. The maximum absolute atomic E-state index is 13.0. The molecule has 1 saturated heterocycles. The average molecular weight is 393 g/mol. The van der Waals surface area contributed by atoms with Crippen LogP contribution in [0.25, 0.3) is 11.1 Å². The zero-order valence-corrected chi connectivity index (χ0v) is 14.8. The fourth-order valence-corrected chi connectivity index (χ4v) is 3.15. The SMILES string of the molecule is O=C(O)CC1CN(C(=O)c2ccccc2-c2ccc(C(F)(F)F)cc2)CCO1. The Kier molecular flexibility index (Phi) is 5.69. The molecule has 2 aromatic rings. The summed E-state index contributed by atoms with van der Waals surface area (Å²) in [6.07, 6.45) is -5.22. The Morgan fingerprint density at radius 1 is 1.11 bits per heavy atom. The van der Waals surface area contributed by atoms with E-state index in [9.17, 15) is 22.8 Å². The first-order chi connectivity index (χ1) is 13.3. The monoisotopic (exact) mass is 393 g/mol. The van der Waals surface area contributed by atoms with Crippen molar-refractivity contribution in [1.29, 1.82) is 0 Å². The van der Waals surface area contributed by atoms with Gasteiger partial charge in [0.2, 0.25) is 0 Å². The van der Waals surface area contributed by atoms with E-state index in [-0.39, 0.29) is 25.5 Å². The average Bonchev–Trinajstić information content (AvgIpc) is 2.66. The van der Waals surface area contributed by atoms with Gasteiger partial charge in [0.25, 0.3) is 5.91 Å². The van der Waals surface area contributed by atoms with Crippen LogP contribution in [0.3, 0.4) is 0 Å². The highest BCUT2D eigenvalue weighted by molar-refractivity contribution is 6.01. The molecule has 8 heteroatoms. The molecule has 1 aliphatic rings. The molecule has 1 N–H and O–H groups in total. The van der Waals surface area contributed by atoms with Gasteiger partial charge in [0, 0.05) is 18.7 Å².